The second-order valence-corrected chi connectivity index (χ2v) is 4.62. The number of aliphatic hydroxyl groups is 1. The van der Waals surface area contributed by atoms with Crippen LogP contribution in [0, 0.1) is 0 Å². The first-order valence-corrected chi connectivity index (χ1v) is 5.68. The molecule has 6 nitrogen and oxygen atoms in total. The molecule has 0 amide bonds. The molecule has 2 heterocycles. The van der Waals surface area contributed by atoms with Gasteiger partial charge in [0.05, 0.1) is 18.8 Å². The Morgan fingerprint density at radius 1 is 1.71 bits per heavy atom. The van der Waals surface area contributed by atoms with Crippen LogP contribution in [0.2, 0.25) is 5.15 Å². The average Bonchev–Trinajstić information content (AvgIpc) is 2.76. The van der Waals surface area contributed by atoms with Crippen molar-refractivity contribution in [3.8, 4) is 0 Å². The number of carboxylic acids is 1. The highest BCUT2D eigenvalue weighted by Gasteiger charge is 2.36. The van der Waals surface area contributed by atoms with E-state index in [4.69, 9.17) is 16.7 Å². The SMILES string of the molecule is Cn1c(Cl)cnc1CN1CC(O)CC1C(=O)O. The maximum absolute atomic E-state index is 11.0. The Labute approximate surface area is 103 Å². The van der Waals surface area contributed by atoms with Gasteiger partial charge in [-0.25, -0.2) is 4.98 Å². The van der Waals surface area contributed by atoms with Crippen molar-refractivity contribution < 1.29 is 15.0 Å². The van der Waals surface area contributed by atoms with Gasteiger partial charge in [-0.15, -0.1) is 0 Å². The number of aliphatic carboxylic acids is 1. The monoisotopic (exact) mass is 259 g/mol. The number of aromatic nitrogens is 2. The van der Waals surface area contributed by atoms with Crippen LogP contribution in [0.4, 0.5) is 0 Å². The van der Waals surface area contributed by atoms with E-state index in [-0.39, 0.29) is 6.42 Å². The smallest absolute Gasteiger partial charge is 0.321 e. The van der Waals surface area contributed by atoms with Gasteiger partial charge in [-0.3, -0.25) is 9.69 Å². The third-order valence-electron chi connectivity index (χ3n) is 3.04. The predicted octanol–water partition coefficient (Wildman–Crippen LogP) is 0.0933. The summed E-state index contributed by atoms with van der Waals surface area (Å²) in [6.45, 7) is 0.721. The molecule has 7 heteroatoms. The molecule has 2 atom stereocenters. The molecule has 1 aliphatic heterocycles. The van der Waals surface area contributed by atoms with Gasteiger partial charge in [-0.05, 0) is 0 Å². The first kappa shape index (κ1) is 12.3. The number of rotatable bonds is 3. The van der Waals surface area contributed by atoms with Crippen molar-refractivity contribution >= 4 is 17.6 Å². The molecule has 2 rings (SSSR count). The summed E-state index contributed by atoms with van der Waals surface area (Å²) in [7, 11) is 1.77. The van der Waals surface area contributed by atoms with Crippen LogP contribution >= 0.6 is 11.6 Å². The van der Waals surface area contributed by atoms with Gasteiger partial charge in [0.15, 0.2) is 0 Å². The Morgan fingerprint density at radius 3 is 2.94 bits per heavy atom. The largest absolute Gasteiger partial charge is 0.480 e. The Balaban J connectivity index is 2.12. The lowest BCUT2D eigenvalue weighted by atomic mass is 10.2. The number of aliphatic hydroxyl groups excluding tert-OH is 1. The van der Waals surface area contributed by atoms with Gasteiger partial charge < -0.3 is 14.8 Å². The summed E-state index contributed by atoms with van der Waals surface area (Å²) >= 11 is 5.86. The minimum absolute atomic E-state index is 0.257. The third-order valence-corrected chi connectivity index (χ3v) is 3.39. The van der Waals surface area contributed by atoms with E-state index in [0.717, 1.165) is 0 Å². The Bertz CT molecular complexity index is 434. The number of hydrogen-bond donors (Lipinski definition) is 2. The zero-order valence-electron chi connectivity index (χ0n) is 9.38. The Morgan fingerprint density at radius 2 is 2.41 bits per heavy atom. The van der Waals surface area contributed by atoms with E-state index in [0.29, 0.717) is 24.1 Å². The number of nitrogens with zero attached hydrogens (tertiary/aromatic N) is 3. The number of halogens is 1. The normalized spacial score (nSPS) is 25.4. The maximum Gasteiger partial charge on any atom is 0.321 e. The number of likely N-dealkylation sites (tertiary alicyclic amines) is 1. The molecule has 1 aromatic heterocycles. The van der Waals surface area contributed by atoms with E-state index in [9.17, 15) is 9.90 Å². The van der Waals surface area contributed by atoms with Gasteiger partial charge in [0.1, 0.15) is 17.0 Å². The fourth-order valence-electron chi connectivity index (χ4n) is 2.06. The van der Waals surface area contributed by atoms with Gasteiger partial charge in [0.25, 0.3) is 0 Å². The molecule has 17 heavy (non-hydrogen) atoms. The van der Waals surface area contributed by atoms with E-state index in [1.807, 2.05) is 0 Å². The Hall–Kier alpha value is -1.11. The van der Waals surface area contributed by atoms with Crippen molar-refractivity contribution in [2.75, 3.05) is 6.54 Å². The molecular formula is C10H14ClN3O3. The zero-order chi connectivity index (χ0) is 12.6. The molecule has 1 aliphatic rings. The first-order chi connectivity index (χ1) is 7.99. The summed E-state index contributed by atoms with van der Waals surface area (Å²) in [5.74, 6) is -0.225. The Kier molecular flexibility index (Phi) is 3.37. The molecule has 0 spiro atoms. The van der Waals surface area contributed by atoms with E-state index in [2.05, 4.69) is 4.98 Å². The van der Waals surface area contributed by atoms with Gasteiger partial charge >= 0.3 is 5.97 Å². The third kappa shape index (κ3) is 2.43. The van der Waals surface area contributed by atoms with Gasteiger partial charge in [-0.1, -0.05) is 11.6 Å². The van der Waals surface area contributed by atoms with Crippen molar-refractivity contribution in [3.05, 3.63) is 17.2 Å². The van der Waals surface area contributed by atoms with E-state index in [1.165, 1.54) is 6.20 Å². The predicted molar refractivity (Wildman–Crippen MR) is 60.7 cm³/mol. The molecule has 0 saturated carbocycles. The molecule has 1 aromatic rings. The fraction of sp³-hybridized carbons (Fsp3) is 0.600. The average molecular weight is 260 g/mol. The van der Waals surface area contributed by atoms with E-state index >= 15 is 0 Å². The van der Waals surface area contributed by atoms with Gasteiger partial charge in [-0.2, -0.15) is 0 Å². The zero-order valence-corrected chi connectivity index (χ0v) is 10.1. The standard InChI is InChI=1S/C10H14ClN3O3/c1-13-8(11)3-12-9(13)5-14-4-6(15)2-7(14)10(16)17/h3,6-7,15H,2,4-5H2,1H3,(H,16,17). The van der Waals surface area contributed by atoms with Gasteiger partial charge in [0, 0.05) is 20.0 Å². The van der Waals surface area contributed by atoms with Crippen LogP contribution < -0.4 is 0 Å². The lowest BCUT2D eigenvalue weighted by Gasteiger charge is -2.20. The summed E-state index contributed by atoms with van der Waals surface area (Å²) in [4.78, 5) is 16.8. The van der Waals surface area contributed by atoms with Crippen LogP contribution in [0.1, 0.15) is 12.2 Å². The molecule has 0 bridgehead atoms. The first-order valence-electron chi connectivity index (χ1n) is 5.30. The maximum atomic E-state index is 11.0. The van der Waals surface area contributed by atoms with Crippen LogP contribution in [0.25, 0.3) is 0 Å². The lowest BCUT2D eigenvalue weighted by molar-refractivity contribution is -0.142. The summed E-state index contributed by atoms with van der Waals surface area (Å²) in [6.07, 6.45) is 1.19. The summed E-state index contributed by atoms with van der Waals surface area (Å²) in [5.41, 5.74) is 0. The minimum atomic E-state index is -0.915. The van der Waals surface area contributed by atoms with Crippen LogP contribution in [-0.4, -0.2) is 49.3 Å². The number of β-amino-alcohol motifs (C(OH)–C–C–N with tert-alkyl or cyclic N) is 1. The molecule has 0 aromatic carbocycles. The fourth-order valence-corrected chi connectivity index (χ4v) is 2.21. The molecular weight excluding hydrogens is 246 g/mol. The molecule has 0 aliphatic carbocycles. The van der Waals surface area contributed by atoms with E-state index < -0.39 is 18.1 Å². The second kappa shape index (κ2) is 4.64. The van der Waals surface area contributed by atoms with Crippen molar-refractivity contribution in [1.82, 2.24) is 14.5 Å². The summed E-state index contributed by atoms with van der Waals surface area (Å²) in [5, 5.41) is 19.1. The molecule has 94 valence electrons. The van der Waals surface area contributed by atoms with Crippen LogP contribution in [-0.2, 0) is 18.4 Å². The van der Waals surface area contributed by atoms with Crippen LogP contribution in [0.5, 0.6) is 0 Å². The van der Waals surface area contributed by atoms with E-state index in [1.54, 1.807) is 16.5 Å². The van der Waals surface area contributed by atoms with Crippen molar-refractivity contribution in [1.29, 1.82) is 0 Å². The quantitative estimate of drug-likeness (QED) is 0.805. The van der Waals surface area contributed by atoms with Crippen LogP contribution in [0.3, 0.4) is 0 Å². The van der Waals surface area contributed by atoms with Crippen molar-refractivity contribution in [3.63, 3.8) is 0 Å². The molecule has 1 saturated heterocycles. The topological polar surface area (TPSA) is 78.6 Å². The number of hydrogen-bond acceptors (Lipinski definition) is 4. The summed E-state index contributed by atoms with van der Waals surface area (Å²) in [6, 6.07) is -0.652. The lowest BCUT2D eigenvalue weighted by Crippen LogP contribution is -2.36. The second-order valence-electron chi connectivity index (χ2n) is 4.23. The number of carboxylic acid groups (broad SMARTS) is 1. The molecule has 2 N–H and O–H groups in total. The number of carbonyl (C=O) groups is 1. The minimum Gasteiger partial charge on any atom is -0.480 e. The van der Waals surface area contributed by atoms with Crippen molar-refractivity contribution in [2.45, 2.75) is 25.1 Å². The molecule has 2 unspecified atom stereocenters. The van der Waals surface area contributed by atoms with Crippen molar-refractivity contribution in [2.24, 2.45) is 7.05 Å². The van der Waals surface area contributed by atoms with Gasteiger partial charge in [0.2, 0.25) is 0 Å². The number of imidazole rings is 1. The highest BCUT2D eigenvalue weighted by atomic mass is 35.5. The highest BCUT2D eigenvalue weighted by molar-refractivity contribution is 6.29. The molecule has 0 radical (unpaired) electrons. The molecule has 1 fully saturated rings. The van der Waals surface area contributed by atoms with Crippen LogP contribution in [0.15, 0.2) is 6.20 Å². The highest BCUT2D eigenvalue weighted by Crippen LogP contribution is 2.21. The summed E-state index contributed by atoms with van der Waals surface area (Å²) < 4.78 is 1.70.